The Hall–Kier alpha value is -1.07. The van der Waals surface area contributed by atoms with Crippen molar-refractivity contribution in [3.63, 3.8) is 0 Å². The van der Waals surface area contributed by atoms with E-state index in [0.29, 0.717) is 28.3 Å². The van der Waals surface area contributed by atoms with E-state index < -0.39 is 0 Å². The van der Waals surface area contributed by atoms with Gasteiger partial charge in [0.1, 0.15) is 0 Å². The van der Waals surface area contributed by atoms with Gasteiger partial charge in [0.05, 0.1) is 22.3 Å². The highest BCUT2D eigenvalue weighted by molar-refractivity contribution is 7.10. The van der Waals surface area contributed by atoms with Gasteiger partial charge in [0.25, 0.3) is 0 Å². The summed E-state index contributed by atoms with van der Waals surface area (Å²) in [6.07, 6.45) is 1.99. The molecule has 0 aliphatic carbocycles. The van der Waals surface area contributed by atoms with Crippen LogP contribution in [0.2, 0.25) is 10.0 Å². The van der Waals surface area contributed by atoms with E-state index in [1.165, 1.54) is 10.4 Å². The third kappa shape index (κ3) is 3.47. The van der Waals surface area contributed by atoms with E-state index >= 15 is 0 Å². The Kier molecular flexibility index (Phi) is 5.50. The summed E-state index contributed by atoms with van der Waals surface area (Å²) >= 11 is 14.3. The number of halogens is 2. The molecule has 24 heavy (non-hydrogen) atoms. The molecule has 1 aromatic carbocycles. The number of rotatable bonds is 4. The molecule has 1 N–H and O–H groups in total. The topological polar surface area (TPSA) is 32.3 Å². The van der Waals surface area contributed by atoms with Crippen LogP contribution in [0.3, 0.4) is 0 Å². The zero-order chi connectivity index (χ0) is 17.3. The highest BCUT2D eigenvalue weighted by atomic mass is 35.5. The average molecular weight is 383 g/mol. The SMILES string of the molecule is CC[C@@H]1c2ccsc2CCN1CC(=O)Nc1c(Cl)ccc(C)c1Cl. The van der Waals surface area contributed by atoms with Crippen LogP contribution >= 0.6 is 34.5 Å². The largest absolute Gasteiger partial charge is 0.322 e. The van der Waals surface area contributed by atoms with Gasteiger partial charge in [-0.1, -0.05) is 36.2 Å². The Balaban J connectivity index is 1.73. The molecule has 0 bridgehead atoms. The molecule has 1 aliphatic heterocycles. The number of thiophene rings is 1. The van der Waals surface area contributed by atoms with Crippen molar-refractivity contribution in [1.82, 2.24) is 4.90 Å². The smallest absolute Gasteiger partial charge is 0.238 e. The number of carbonyl (C=O) groups excluding carboxylic acids is 1. The normalized spacial score (nSPS) is 17.6. The highest BCUT2D eigenvalue weighted by Gasteiger charge is 2.28. The molecule has 3 nitrogen and oxygen atoms in total. The molecule has 2 heterocycles. The van der Waals surface area contributed by atoms with E-state index in [4.69, 9.17) is 23.2 Å². The molecule has 2 aromatic rings. The van der Waals surface area contributed by atoms with Crippen molar-refractivity contribution in [2.75, 3.05) is 18.4 Å². The summed E-state index contributed by atoms with van der Waals surface area (Å²) in [4.78, 5) is 16.2. The number of amides is 1. The van der Waals surface area contributed by atoms with Gasteiger partial charge >= 0.3 is 0 Å². The monoisotopic (exact) mass is 382 g/mol. The predicted molar refractivity (Wildman–Crippen MR) is 102 cm³/mol. The van der Waals surface area contributed by atoms with Gasteiger partial charge in [-0.3, -0.25) is 9.69 Å². The van der Waals surface area contributed by atoms with E-state index in [0.717, 1.165) is 24.9 Å². The number of nitrogens with zero attached hydrogens (tertiary/aromatic N) is 1. The summed E-state index contributed by atoms with van der Waals surface area (Å²) in [5, 5.41) is 5.99. The second kappa shape index (κ2) is 7.44. The van der Waals surface area contributed by atoms with Crippen molar-refractivity contribution in [3.05, 3.63) is 49.6 Å². The lowest BCUT2D eigenvalue weighted by molar-refractivity contribution is -0.118. The number of fused-ring (bicyclic) bond motifs is 1. The Morgan fingerprint density at radius 1 is 1.38 bits per heavy atom. The number of anilines is 1. The van der Waals surface area contributed by atoms with E-state index in [1.807, 2.05) is 24.3 Å². The number of benzene rings is 1. The maximum Gasteiger partial charge on any atom is 0.238 e. The maximum absolute atomic E-state index is 12.5. The Morgan fingerprint density at radius 3 is 2.92 bits per heavy atom. The van der Waals surface area contributed by atoms with Crippen LogP contribution in [-0.4, -0.2) is 23.9 Å². The van der Waals surface area contributed by atoms with E-state index in [-0.39, 0.29) is 5.91 Å². The van der Waals surface area contributed by atoms with Crippen molar-refractivity contribution in [2.24, 2.45) is 0 Å². The van der Waals surface area contributed by atoms with Gasteiger partial charge in [0.15, 0.2) is 0 Å². The van der Waals surface area contributed by atoms with Crippen LogP contribution in [0.1, 0.15) is 35.4 Å². The molecular weight excluding hydrogens is 363 g/mol. The lowest BCUT2D eigenvalue weighted by Crippen LogP contribution is -2.40. The van der Waals surface area contributed by atoms with Gasteiger partial charge in [0.2, 0.25) is 5.91 Å². The van der Waals surface area contributed by atoms with Crippen LogP contribution in [0, 0.1) is 6.92 Å². The van der Waals surface area contributed by atoms with Crippen molar-refractivity contribution >= 4 is 46.1 Å². The number of hydrogen-bond donors (Lipinski definition) is 1. The van der Waals surface area contributed by atoms with Crippen molar-refractivity contribution in [1.29, 1.82) is 0 Å². The zero-order valence-corrected chi connectivity index (χ0v) is 16.1. The predicted octanol–water partition coefficient (Wildman–Crippen LogP) is 5.31. The molecular formula is C18H20Cl2N2OS. The first-order valence-corrected chi connectivity index (χ1v) is 9.69. The van der Waals surface area contributed by atoms with Crippen molar-refractivity contribution < 1.29 is 4.79 Å². The molecule has 128 valence electrons. The minimum Gasteiger partial charge on any atom is -0.322 e. The van der Waals surface area contributed by atoms with Crippen LogP contribution in [-0.2, 0) is 11.2 Å². The molecule has 0 saturated heterocycles. The minimum absolute atomic E-state index is 0.0819. The van der Waals surface area contributed by atoms with E-state index in [9.17, 15) is 4.79 Å². The summed E-state index contributed by atoms with van der Waals surface area (Å²) in [6, 6.07) is 6.09. The number of carbonyl (C=O) groups is 1. The van der Waals surface area contributed by atoms with Gasteiger partial charge < -0.3 is 5.32 Å². The van der Waals surface area contributed by atoms with E-state index in [2.05, 4.69) is 28.6 Å². The first-order valence-electron chi connectivity index (χ1n) is 8.06. The Morgan fingerprint density at radius 2 is 2.17 bits per heavy atom. The van der Waals surface area contributed by atoms with Gasteiger partial charge in [-0.2, -0.15) is 0 Å². The fourth-order valence-corrected chi connectivity index (χ4v) is 4.64. The first-order chi connectivity index (χ1) is 11.5. The fraction of sp³-hybridized carbons (Fsp3) is 0.389. The van der Waals surface area contributed by atoms with Crippen LogP contribution in [0.25, 0.3) is 0 Å². The quantitative estimate of drug-likeness (QED) is 0.776. The molecule has 1 amide bonds. The summed E-state index contributed by atoms with van der Waals surface area (Å²) in [7, 11) is 0. The second-order valence-electron chi connectivity index (χ2n) is 6.05. The summed E-state index contributed by atoms with van der Waals surface area (Å²) < 4.78 is 0. The standard InChI is InChI=1S/C18H20Cl2N2OS/c1-3-14-12-7-9-24-15(12)6-8-22(14)10-16(23)21-18-13(19)5-4-11(2)17(18)20/h4-5,7,9,14H,3,6,8,10H2,1-2H3,(H,21,23)/t14-/m1/s1. The molecule has 0 saturated carbocycles. The van der Waals surface area contributed by atoms with Gasteiger partial charge in [-0.05, 0) is 48.4 Å². The zero-order valence-electron chi connectivity index (χ0n) is 13.7. The van der Waals surface area contributed by atoms with Gasteiger partial charge in [-0.25, -0.2) is 0 Å². The molecule has 1 aliphatic rings. The number of aryl methyl sites for hydroxylation is 1. The molecule has 0 fully saturated rings. The van der Waals surface area contributed by atoms with Crippen molar-refractivity contribution in [2.45, 2.75) is 32.7 Å². The van der Waals surface area contributed by atoms with Gasteiger partial charge in [-0.15, -0.1) is 11.3 Å². The third-order valence-corrected chi connectivity index (χ3v) is 6.29. The molecule has 6 heteroatoms. The lowest BCUT2D eigenvalue weighted by Gasteiger charge is -2.34. The number of hydrogen-bond acceptors (Lipinski definition) is 3. The third-order valence-electron chi connectivity index (χ3n) is 4.49. The Labute approximate surface area is 156 Å². The van der Waals surface area contributed by atoms with Crippen molar-refractivity contribution in [3.8, 4) is 0 Å². The summed E-state index contributed by atoms with van der Waals surface area (Å²) in [5.41, 5.74) is 2.77. The average Bonchev–Trinajstić information content (AvgIpc) is 3.03. The maximum atomic E-state index is 12.5. The summed E-state index contributed by atoms with van der Waals surface area (Å²) in [6.45, 7) is 5.30. The van der Waals surface area contributed by atoms with E-state index in [1.54, 1.807) is 6.07 Å². The van der Waals surface area contributed by atoms with Gasteiger partial charge in [0, 0.05) is 17.5 Å². The molecule has 0 spiro atoms. The lowest BCUT2D eigenvalue weighted by atomic mass is 9.98. The molecule has 0 radical (unpaired) electrons. The molecule has 1 atom stereocenters. The number of nitrogens with one attached hydrogen (secondary N) is 1. The second-order valence-corrected chi connectivity index (χ2v) is 7.83. The van der Waals surface area contributed by atoms with Crippen LogP contribution in [0.5, 0.6) is 0 Å². The van der Waals surface area contributed by atoms with Crippen LogP contribution < -0.4 is 5.32 Å². The molecule has 3 rings (SSSR count). The fourth-order valence-electron chi connectivity index (χ4n) is 3.25. The Bertz CT molecular complexity index is 759. The minimum atomic E-state index is -0.0819. The summed E-state index contributed by atoms with van der Waals surface area (Å²) in [5.74, 6) is -0.0819. The molecule has 0 unspecified atom stereocenters. The molecule has 1 aromatic heterocycles. The van der Waals surface area contributed by atoms with Crippen LogP contribution in [0.15, 0.2) is 23.6 Å². The first kappa shape index (κ1) is 17.7. The highest BCUT2D eigenvalue weighted by Crippen LogP contribution is 2.36. The van der Waals surface area contributed by atoms with Crippen LogP contribution in [0.4, 0.5) is 5.69 Å².